The van der Waals surface area contributed by atoms with Crippen molar-refractivity contribution >= 4 is 86.0 Å². The van der Waals surface area contributed by atoms with Crippen molar-refractivity contribution in [2.24, 2.45) is 0 Å². The number of aromatic nitrogens is 3. The number of fused-ring (bicyclic) bond motifs is 11. The van der Waals surface area contributed by atoms with Crippen LogP contribution in [0.3, 0.4) is 0 Å². The first-order valence-corrected chi connectivity index (χ1v) is 24.4. The Morgan fingerprint density at radius 3 is 1.86 bits per heavy atom. The summed E-state index contributed by atoms with van der Waals surface area (Å²) in [7, 11) is 0. The van der Waals surface area contributed by atoms with Crippen molar-refractivity contribution in [2.45, 2.75) is 13.8 Å². The van der Waals surface area contributed by atoms with Crippen LogP contribution < -0.4 is 0 Å². The molecule has 0 unspecified atom stereocenters. The molecule has 0 spiro atoms. The lowest BCUT2D eigenvalue weighted by molar-refractivity contribution is 0.669. The van der Waals surface area contributed by atoms with Gasteiger partial charge in [-0.2, -0.15) is 0 Å². The molecule has 4 nitrogen and oxygen atoms in total. The molecule has 0 aliphatic carbocycles. The lowest BCUT2D eigenvalue weighted by Gasteiger charge is -2.15. The minimum absolute atomic E-state index is 0.652. The average molecular weight is 902 g/mol. The van der Waals surface area contributed by atoms with Crippen LogP contribution in [0.1, 0.15) is 13.8 Å². The number of benzene rings is 10. The fourth-order valence-corrected chi connectivity index (χ4v) is 11.6. The predicted molar refractivity (Wildman–Crippen MR) is 293 cm³/mol. The van der Waals surface area contributed by atoms with E-state index < -0.39 is 0 Å². The highest BCUT2D eigenvalue weighted by molar-refractivity contribution is 7.26. The van der Waals surface area contributed by atoms with Crippen LogP contribution in [0.4, 0.5) is 0 Å². The van der Waals surface area contributed by atoms with E-state index in [0.29, 0.717) is 5.82 Å². The molecule has 0 bridgehead atoms. The first kappa shape index (κ1) is 40.6. The Labute approximate surface area is 403 Å². The van der Waals surface area contributed by atoms with Gasteiger partial charge in [-0.1, -0.05) is 190 Å². The molecule has 0 amide bonds. The maximum Gasteiger partial charge on any atom is 0.162 e. The smallest absolute Gasteiger partial charge is 0.162 e. The molecule has 326 valence electrons. The topological polar surface area (TPSA) is 43.9 Å². The molecular weight excluding hydrogens is 859 g/mol. The molecule has 14 rings (SSSR count). The molecule has 0 aliphatic heterocycles. The van der Waals surface area contributed by atoms with Crippen LogP contribution in [0, 0.1) is 0 Å². The van der Waals surface area contributed by atoms with Gasteiger partial charge < -0.3 is 4.42 Å². The van der Waals surface area contributed by atoms with E-state index in [1.807, 2.05) is 55.5 Å². The average Bonchev–Trinajstić information content (AvgIpc) is 4.11. The zero-order valence-electron chi connectivity index (χ0n) is 38.0. The molecule has 0 saturated heterocycles. The molecule has 69 heavy (non-hydrogen) atoms. The third-order valence-electron chi connectivity index (χ3n) is 13.4. The van der Waals surface area contributed by atoms with E-state index in [-0.39, 0.29) is 0 Å². The van der Waals surface area contributed by atoms with Crippen molar-refractivity contribution in [2.75, 3.05) is 0 Å². The van der Waals surface area contributed by atoms with E-state index in [4.69, 9.17) is 14.4 Å². The molecule has 0 N–H and O–H groups in total. The van der Waals surface area contributed by atoms with Crippen molar-refractivity contribution in [3.8, 4) is 61.8 Å². The first-order valence-electron chi connectivity index (χ1n) is 23.6. The van der Waals surface area contributed by atoms with Crippen molar-refractivity contribution in [3.05, 3.63) is 224 Å². The zero-order valence-corrected chi connectivity index (χ0v) is 38.8. The maximum atomic E-state index is 6.40. The highest BCUT2D eigenvalue weighted by Crippen LogP contribution is 2.44. The lowest BCUT2D eigenvalue weighted by atomic mass is 9.95. The molecule has 4 heterocycles. The van der Waals surface area contributed by atoms with Gasteiger partial charge in [0, 0.05) is 64.5 Å². The number of thiophene rings is 1. The van der Waals surface area contributed by atoms with Gasteiger partial charge in [0.2, 0.25) is 0 Å². The summed E-state index contributed by atoms with van der Waals surface area (Å²) in [6.45, 7) is 4.00. The molecule has 4 aromatic heterocycles. The number of hydrogen-bond donors (Lipinski definition) is 0. The summed E-state index contributed by atoms with van der Waals surface area (Å²) in [5, 5.41) is 9.56. The van der Waals surface area contributed by atoms with Crippen molar-refractivity contribution in [1.82, 2.24) is 14.5 Å². The van der Waals surface area contributed by atoms with Gasteiger partial charge in [0.05, 0.1) is 16.7 Å². The number of nitrogens with zero attached hydrogens (tertiary/aromatic N) is 3. The van der Waals surface area contributed by atoms with Crippen LogP contribution in [0.2, 0.25) is 0 Å². The van der Waals surface area contributed by atoms with Crippen molar-refractivity contribution in [1.29, 1.82) is 0 Å². The summed E-state index contributed by atoms with van der Waals surface area (Å²) >= 11 is 1.87. The monoisotopic (exact) mass is 901 g/mol. The Balaban J connectivity index is 0.00000232. The van der Waals surface area contributed by atoms with Crippen LogP contribution in [-0.4, -0.2) is 14.5 Å². The second-order valence-corrected chi connectivity index (χ2v) is 18.3. The van der Waals surface area contributed by atoms with Gasteiger partial charge in [-0.05, 0) is 81.1 Å². The first-order chi connectivity index (χ1) is 34.2. The molecular formula is C64H43N3OS. The summed E-state index contributed by atoms with van der Waals surface area (Å²) in [5.74, 6) is 1.44. The van der Waals surface area contributed by atoms with Crippen LogP contribution in [0.25, 0.3) is 137 Å². The van der Waals surface area contributed by atoms with E-state index >= 15 is 0 Å². The summed E-state index contributed by atoms with van der Waals surface area (Å²) in [6.07, 6.45) is 0. The molecule has 0 saturated carbocycles. The lowest BCUT2D eigenvalue weighted by Crippen LogP contribution is -2.03. The summed E-state index contributed by atoms with van der Waals surface area (Å²) in [4.78, 5) is 10.7. The Hall–Kier alpha value is -8.64. The van der Waals surface area contributed by atoms with E-state index in [2.05, 4.69) is 199 Å². The minimum Gasteiger partial charge on any atom is -0.456 e. The fraction of sp³-hybridized carbons (Fsp3) is 0.0312. The van der Waals surface area contributed by atoms with E-state index in [9.17, 15) is 0 Å². The number of furan rings is 1. The Bertz CT molecular complexity index is 4290. The van der Waals surface area contributed by atoms with Crippen LogP contribution >= 0.6 is 11.3 Å². The van der Waals surface area contributed by atoms with Gasteiger partial charge in [0.25, 0.3) is 0 Å². The van der Waals surface area contributed by atoms with Gasteiger partial charge in [0.1, 0.15) is 17.0 Å². The number of para-hydroxylation sites is 2. The maximum absolute atomic E-state index is 6.40. The molecule has 14 aromatic rings. The van der Waals surface area contributed by atoms with E-state index in [0.717, 1.165) is 72.3 Å². The van der Waals surface area contributed by atoms with Gasteiger partial charge >= 0.3 is 0 Å². The summed E-state index contributed by atoms with van der Waals surface area (Å²) in [5.41, 5.74) is 13.6. The molecule has 0 fully saturated rings. The molecule has 0 atom stereocenters. The standard InChI is InChI=1S/C62H37N3OS.C2H6/c1-2-15-39(16-3-1)62-63-53(44-30-32-49-48-22-6-8-28-55(48)66-56(49)36-44)37-58(64-62)65-54-33-31-38-14-4-5-21-45(38)59(54)52-27-12-24-46(60(52)65)42-19-10-17-40(34-42)41-18-11-20-43(35-41)47-25-13-26-51-50-23-7-9-29-57(50)67-61(47)51;1-2/h1-37H;1-2H3. The fourth-order valence-electron chi connectivity index (χ4n) is 10.3. The third kappa shape index (κ3) is 6.73. The van der Waals surface area contributed by atoms with E-state index in [1.54, 1.807) is 0 Å². The van der Waals surface area contributed by atoms with Crippen molar-refractivity contribution in [3.63, 3.8) is 0 Å². The highest BCUT2D eigenvalue weighted by atomic mass is 32.1. The normalized spacial score (nSPS) is 11.6. The number of hydrogen-bond acceptors (Lipinski definition) is 4. The quantitative estimate of drug-likeness (QED) is 0.167. The second-order valence-electron chi connectivity index (χ2n) is 17.3. The minimum atomic E-state index is 0.652. The Morgan fingerprint density at radius 1 is 0.406 bits per heavy atom. The molecule has 5 heteroatoms. The Morgan fingerprint density at radius 2 is 1.03 bits per heavy atom. The van der Waals surface area contributed by atoms with Gasteiger partial charge in [-0.15, -0.1) is 11.3 Å². The summed E-state index contributed by atoms with van der Waals surface area (Å²) < 4.78 is 11.4. The predicted octanol–water partition coefficient (Wildman–Crippen LogP) is 18.4. The van der Waals surface area contributed by atoms with Gasteiger partial charge in [-0.3, -0.25) is 4.57 Å². The molecule has 10 aromatic carbocycles. The molecule has 0 radical (unpaired) electrons. The molecule has 0 aliphatic rings. The van der Waals surface area contributed by atoms with Crippen LogP contribution in [-0.2, 0) is 0 Å². The third-order valence-corrected chi connectivity index (χ3v) is 14.6. The van der Waals surface area contributed by atoms with Crippen LogP contribution in [0.5, 0.6) is 0 Å². The Kier molecular flexibility index (Phi) is 9.77. The largest absolute Gasteiger partial charge is 0.456 e. The second kappa shape index (κ2) is 16.6. The van der Waals surface area contributed by atoms with Crippen LogP contribution in [0.15, 0.2) is 229 Å². The zero-order chi connectivity index (χ0) is 46.0. The summed E-state index contributed by atoms with van der Waals surface area (Å²) in [6, 6.07) is 80.4. The number of rotatable bonds is 6. The highest BCUT2D eigenvalue weighted by Gasteiger charge is 2.22. The van der Waals surface area contributed by atoms with Crippen molar-refractivity contribution < 1.29 is 4.42 Å². The van der Waals surface area contributed by atoms with Gasteiger partial charge in [0.15, 0.2) is 5.82 Å². The van der Waals surface area contributed by atoms with Gasteiger partial charge in [-0.25, -0.2) is 9.97 Å². The van der Waals surface area contributed by atoms with E-state index in [1.165, 1.54) is 58.4 Å². The SMILES string of the molecule is CC.c1ccc(-c2nc(-c3ccc4c(c3)oc3ccccc34)cc(-n3c4ccc5ccccc5c4c4cccc(-c5cccc(-c6cccc(-c7cccc8c7sc7ccccc78)c6)c5)c43)n2)cc1.